The van der Waals surface area contributed by atoms with Crippen molar-refractivity contribution in [2.45, 2.75) is 23.9 Å². The molecule has 0 fully saturated rings. The van der Waals surface area contributed by atoms with E-state index in [1.807, 2.05) is 26.1 Å². The molecule has 0 atom stereocenters. The van der Waals surface area contributed by atoms with Crippen molar-refractivity contribution >= 4 is 34.4 Å². The Labute approximate surface area is 136 Å². The van der Waals surface area contributed by atoms with Gasteiger partial charge in [0.25, 0.3) is 0 Å². The largest absolute Gasteiger partial charge is 0.359 e. The lowest BCUT2D eigenvalue weighted by molar-refractivity contribution is 0.792. The average molecular weight is 325 g/mol. The highest BCUT2D eigenvalue weighted by atomic mass is 32.2. The van der Waals surface area contributed by atoms with Gasteiger partial charge < -0.3 is 10.3 Å². The van der Waals surface area contributed by atoms with Gasteiger partial charge in [-0.05, 0) is 55.4 Å². The monoisotopic (exact) mass is 325 g/mol. The third-order valence-electron chi connectivity index (χ3n) is 3.58. The number of aryl methyl sites for hydroxylation is 2. The molecule has 0 saturated carbocycles. The van der Waals surface area contributed by atoms with Gasteiger partial charge >= 0.3 is 0 Å². The summed E-state index contributed by atoms with van der Waals surface area (Å²) in [4.78, 5) is 8.82. The third-order valence-corrected chi connectivity index (χ3v) is 4.68. The predicted octanol–water partition coefficient (Wildman–Crippen LogP) is 2.81. The standard InChI is InChI=1S/C15H15N7S/c1-8-6-10-11(18-14(16-3)17-10)7-12(8)23-15-20-19-13-5-4-9(2)21-22(13)15/h4-7H,1-3H3,(H2,16,17,18). The molecular formula is C15H15N7S. The van der Waals surface area contributed by atoms with Crippen LogP contribution in [0.25, 0.3) is 16.7 Å². The molecule has 0 radical (unpaired) electrons. The van der Waals surface area contributed by atoms with Crippen LogP contribution in [-0.2, 0) is 0 Å². The van der Waals surface area contributed by atoms with E-state index in [0.29, 0.717) is 0 Å². The number of nitrogens with one attached hydrogen (secondary N) is 2. The molecule has 0 amide bonds. The van der Waals surface area contributed by atoms with Crippen molar-refractivity contribution in [3.8, 4) is 0 Å². The highest BCUT2D eigenvalue weighted by molar-refractivity contribution is 7.99. The molecule has 8 heteroatoms. The van der Waals surface area contributed by atoms with Crippen LogP contribution >= 0.6 is 11.8 Å². The highest BCUT2D eigenvalue weighted by Gasteiger charge is 2.12. The number of nitrogens with zero attached hydrogens (tertiary/aromatic N) is 5. The molecule has 23 heavy (non-hydrogen) atoms. The summed E-state index contributed by atoms with van der Waals surface area (Å²) in [6.07, 6.45) is 0. The van der Waals surface area contributed by atoms with E-state index in [9.17, 15) is 0 Å². The number of aromatic nitrogens is 6. The Bertz CT molecular complexity index is 1020. The Morgan fingerprint density at radius 2 is 2.04 bits per heavy atom. The van der Waals surface area contributed by atoms with Crippen molar-refractivity contribution in [3.05, 3.63) is 35.5 Å². The first-order chi connectivity index (χ1) is 11.1. The number of imidazole rings is 1. The SMILES string of the molecule is CNc1nc2cc(Sc3nnc4ccc(C)nn34)c(C)cc2[nH]1. The maximum Gasteiger partial charge on any atom is 0.217 e. The number of hydrogen-bond acceptors (Lipinski definition) is 6. The van der Waals surface area contributed by atoms with Gasteiger partial charge in [-0.1, -0.05) is 0 Å². The summed E-state index contributed by atoms with van der Waals surface area (Å²) < 4.78 is 1.77. The Kier molecular flexibility index (Phi) is 3.19. The summed E-state index contributed by atoms with van der Waals surface area (Å²) in [5.41, 5.74) is 4.75. The summed E-state index contributed by atoms with van der Waals surface area (Å²) in [6, 6.07) is 8.00. The van der Waals surface area contributed by atoms with E-state index < -0.39 is 0 Å². The maximum absolute atomic E-state index is 4.50. The van der Waals surface area contributed by atoms with E-state index in [4.69, 9.17) is 0 Å². The molecule has 0 unspecified atom stereocenters. The highest BCUT2D eigenvalue weighted by Crippen LogP contribution is 2.32. The first-order valence-corrected chi connectivity index (χ1v) is 8.01. The van der Waals surface area contributed by atoms with Crippen LogP contribution < -0.4 is 5.32 Å². The van der Waals surface area contributed by atoms with E-state index in [1.165, 1.54) is 0 Å². The topological polar surface area (TPSA) is 83.8 Å². The van der Waals surface area contributed by atoms with E-state index in [2.05, 4.69) is 49.6 Å². The van der Waals surface area contributed by atoms with Crippen LogP contribution in [0.5, 0.6) is 0 Å². The molecule has 2 N–H and O–H groups in total. The lowest BCUT2D eigenvalue weighted by Crippen LogP contribution is -1.95. The Balaban J connectivity index is 1.79. The molecule has 3 heterocycles. The Morgan fingerprint density at radius 1 is 1.17 bits per heavy atom. The number of rotatable bonds is 3. The maximum atomic E-state index is 4.50. The minimum atomic E-state index is 0.745. The van der Waals surface area contributed by atoms with Crippen LogP contribution in [-0.4, -0.2) is 36.8 Å². The first-order valence-electron chi connectivity index (χ1n) is 7.19. The van der Waals surface area contributed by atoms with Gasteiger partial charge in [0.1, 0.15) is 0 Å². The van der Waals surface area contributed by atoms with Crippen LogP contribution in [0.15, 0.2) is 34.3 Å². The van der Waals surface area contributed by atoms with Gasteiger partial charge in [0.05, 0.1) is 16.7 Å². The molecule has 0 aliphatic carbocycles. The van der Waals surface area contributed by atoms with Crippen molar-refractivity contribution in [2.24, 2.45) is 0 Å². The molecule has 0 spiro atoms. The molecule has 116 valence electrons. The van der Waals surface area contributed by atoms with Crippen molar-refractivity contribution in [1.82, 2.24) is 29.8 Å². The summed E-state index contributed by atoms with van der Waals surface area (Å²) in [5, 5.41) is 16.7. The zero-order valence-electron chi connectivity index (χ0n) is 13.0. The number of benzene rings is 1. The molecule has 0 aliphatic rings. The van der Waals surface area contributed by atoms with Gasteiger partial charge in [-0.25, -0.2) is 4.98 Å². The number of fused-ring (bicyclic) bond motifs is 2. The van der Waals surface area contributed by atoms with Gasteiger partial charge in [0.15, 0.2) is 5.65 Å². The van der Waals surface area contributed by atoms with Crippen LogP contribution in [0.2, 0.25) is 0 Å². The second kappa shape index (κ2) is 5.24. The average Bonchev–Trinajstić information content (AvgIpc) is 3.11. The van der Waals surface area contributed by atoms with Crippen molar-refractivity contribution < 1.29 is 0 Å². The van der Waals surface area contributed by atoms with Crippen LogP contribution in [0, 0.1) is 13.8 Å². The fourth-order valence-electron chi connectivity index (χ4n) is 2.40. The molecule has 0 bridgehead atoms. The minimum Gasteiger partial charge on any atom is -0.359 e. The summed E-state index contributed by atoms with van der Waals surface area (Å²) in [6.45, 7) is 4.03. The molecule has 3 aromatic heterocycles. The molecule has 0 aliphatic heterocycles. The van der Waals surface area contributed by atoms with E-state index in [0.717, 1.165) is 43.9 Å². The van der Waals surface area contributed by atoms with Crippen LogP contribution in [0.1, 0.15) is 11.3 Å². The molecule has 7 nitrogen and oxygen atoms in total. The van der Waals surface area contributed by atoms with Gasteiger partial charge in [0.2, 0.25) is 11.1 Å². The van der Waals surface area contributed by atoms with Gasteiger partial charge in [0, 0.05) is 11.9 Å². The van der Waals surface area contributed by atoms with E-state index in [1.54, 1.807) is 16.3 Å². The molecule has 1 aromatic carbocycles. The minimum absolute atomic E-state index is 0.745. The zero-order valence-corrected chi connectivity index (χ0v) is 13.8. The summed E-state index contributed by atoms with van der Waals surface area (Å²) >= 11 is 1.54. The Hall–Kier alpha value is -2.61. The van der Waals surface area contributed by atoms with Crippen molar-refractivity contribution in [3.63, 3.8) is 0 Å². The Morgan fingerprint density at radius 3 is 2.87 bits per heavy atom. The quantitative estimate of drug-likeness (QED) is 0.602. The summed E-state index contributed by atoms with van der Waals surface area (Å²) in [5.74, 6) is 0.756. The molecular weight excluding hydrogens is 310 g/mol. The lowest BCUT2D eigenvalue weighted by Gasteiger charge is -2.04. The first kappa shape index (κ1) is 14.0. The van der Waals surface area contributed by atoms with Crippen molar-refractivity contribution in [1.29, 1.82) is 0 Å². The van der Waals surface area contributed by atoms with Gasteiger partial charge in [-0.3, -0.25) is 0 Å². The lowest BCUT2D eigenvalue weighted by atomic mass is 10.2. The normalized spacial score (nSPS) is 11.4. The number of hydrogen-bond donors (Lipinski definition) is 2. The molecule has 4 aromatic rings. The smallest absolute Gasteiger partial charge is 0.217 e. The summed E-state index contributed by atoms with van der Waals surface area (Å²) in [7, 11) is 1.84. The zero-order chi connectivity index (χ0) is 16.0. The van der Waals surface area contributed by atoms with Crippen molar-refractivity contribution in [2.75, 3.05) is 12.4 Å². The fourth-order valence-corrected chi connectivity index (χ4v) is 3.29. The van der Waals surface area contributed by atoms with E-state index >= 15 is 0 Å². The van der Waals surface area contributed by atoms with Gasteiger partial charge in [-0.15, -0.1) is 10.2 Å². The fraction of sp³-hybridized carbons (Fsp3) is 0.200. The number of aromatic amines is 1. The van der Waals surface area contributed by atoms with Crippen LogP contribution in [0.3, 0.4) is 0 Å². The second-order valence-electron chi connectivity index (χ2n) is 5.30. The number of anilines is 1. The number of H-pyrrole nitrogens is 1. The van der Waals surface area contributed by atoms with E-state index in [-0.39, 0.29) is 0 Å². The second-order valence-corrected chi connectivity index (χ2v) is 6.31. The molecule has 0 saturated heterocycles. The molecule has 4 rings (SSSR count). The predicted molar refractivity (Wildman–Crippen MR) is 90.0 cm³/mol. The van der Waals surface area contributed by atoms with Crippen LogP contribution in [0.4, 0.5) is 5.95 Å². The third kappa shape index (κ3) is 2.40. The van der Waals surface area contributed by atoms with Gasteiger partial charge in [-0.2, -0.15) is 9.61 Å².